The molecule has 0 radical (unpaired) electrons. The Balaban J connectivity index is 1.58. The first-order valence-electron chi connectivity index (χ1n) is 6.89. The van der Waals surface area contributed by atoms with Crippen molar-refractivity contribution in [2.75, 3.05) is 6.61 Å². The molecule has 108 valence electrons. The van der Waals surface area contributed by atoms with Crippen LogP contribution in [0.1, 0.15) is 45.0 Å². The number of aromatic carboxylic acids is 1. The Labute approximate surface area is 120 Å². The van der Waals surface area contributed by atoms with Crippen molar-refractivity contribution in [2.45, 2.75) is 37.8 Å². The van der Waals surface area contributed by atoms with Gasteiger partial charge in [0.1, 0.15) is 4.88 Å². The van der Waals surface area contributed by atoms with Crippen LogP contribution in [-0.4, -0.2) is 35.7 Å². The van der Waals surface area contributed by atoms with E-state index in [1.54, 1.807) is 6.07 Å². The summed E-state index contributed by atoms with van der Waals surface area (Å²) in [6.07, 6.45) is 4.45. The van der Waals surface area contributed by atoms with Crippen molar-refractivity contribution in [3.63, 3.8) is 0 Å². The maximum atomic E-state index is 12.1. The standard InChI is InChI=1S/C14H17NO4S/c16-13(11-3-4-12(20-11)14(17)18)15-9-5-6-19-10(7-9)8-1-2-8/h3-4,8-10H,1-2,5-7H2,(H,15,16)(H,17,18). The first-order valence-corrected chi connectivity index (χ1v) is 7.70. The van der Waals surface area contributed by atoms with E-state index in [4.69, 9.17) is 9.84 Å². The quantitative estimate of drug-likeness (QED) is 0.892. The maximum absolute atomic E-state index is 12.1. The van der Waals surface area contributed by atoms with Gasteiger partial charge in [-0.3, -0.25) is 4.79 Å². The van der Waals surface area contributed by atoms with Gasteiger partial charge in [-0.15, -0.1) is 11.3 Å². The maximum Gasteiger partial charge on any atom is 0.345 e. The van der Waals surface area contributed by atoms with Gasteiger partial charge in [-0.2, -0.15) is 0 Å². The Kier molecular flexibility index (Phi) is 3.76. The third-order valence-electron chi connectivity index (χ3n) is 3.84. The van der Waals surface area contributed by atoms with E-state index in [-0.39, 0.29) is 22.9 Å². The van der Waals surface area contributed by atoms with Crippen LogP contribution in [0.15, 0.2) is 12.1 Å². The molecule has 1 aromatic heterocycles. The largest absolute Gasteiger partial charge is 0.477 e. The van der Waals surface area contributed by atoms with Crippen molar-refractivity contribution in [1.82, 2.24) is 5.32 Å². The monoisotopic (exact) mass is 295 g/mol. The smallest absolute Gasteiger partial charge is 0.345 e. The molecule has 1 saturated heterocycles. The van der Waals surface area contributed by atoms with Crippen LogP contribution < -0.4 is 5.32 Å². The fourth-order valence-electron chi connectivity index (χ4n) is 2.59. The number of carbonyl (C=O) groups is 2. The number of carboxylic acids is 1. The average molecular weight is 295 g/mol. The number of thiophene rings is 1. The molecular formula is C14H17NO4S. The fraction of sp³-hybridized carbons (Fsp3) is 0.571. The third kappa shape index (κ3) is 3.02. The number of carboxylic acid groups (broad SMARTS) is 1. The lowest BCUT2D eigenvalue weighted by molar-refractivity contribution is -0.0102. The molecule has 2 unspecified atom stereocenters. The van der Waals surface area contributed by atoms with Gasteiger partial charge >= 0.3 is 5.97 Å². The van der Waals surface area contributed by atoms with Gasteiger partial charge in [0, 0.05) is 12.6 Å². The van der Waals surface area contributed by atoms with Crippen molar-refractivity contribution < 1.29 is 19.4 Å². The van der Waals surface area contributed by atoms with Gasteiger partial charge in [-0.05, 0) is 43.7 Å². The van der Waals surface area contributed by atoms with Gasteiger partial charge in [-0.1, -0.05) is 0 Å². The number of rotatable bonds is 4. The van der Waals surface area contributed by atoms with Gasteiger partial charge in [0.25, 0.3) is 5.91 Å². The Morgan fingerprint density at radius 3 is 2.65 bits per heavy atom. The summed E-state index contributed by atoms with van der Waals surface area (Å²) < 4.78 is 5.73. The number of nitrogens with one attached hydrogen (secondary N) is 1. The van der Waals surface area contributed by atoms with Crippen LogP contribution in [0.2, 0.25) is 0 Å². The van der Waals surface area contributed by atoms with E-state index in [1.807, 2.05) is 0 Å². The number of hydrogen-bond donors (Lipinski definition) is 2. The second kappa shape index (κ2) is 5.54. The van der Waals surface area contributed by atoms with Crippen LogP contribution >= 0.6 is 11.3 Å². The van der Waals surface area contributed by atoms with E-state index in [1.165, 1.54) is 18.9 Å². The highest BCUT2D eigenvalue weighted by molar-refractivity contribution is 7.15. The van der Waals surface area contributed by atoms with Gasteiger partial charge in [0.15, 0.2) is 0 Å². The zero-order valence-electron chi connectivity index (χ0n) is 11.0. The normalized spacial score (nSPS) is 26.2. The molecule has 0 spiro atoms. The fourth-order valence-corrected chi connectivity index (χ4v) is 3.34. The van der Waals surface area contributed by atoms with Gasteiger partial charge in [0.2, 0.25) is 0 Å². The lowest BCUT2D eigenvalue weighted by Crippen LogP contribution is -2.42. The van der Waals surface area contributed by atoms with E-state index in [2.05, 4.69) is 5.32 Å². The molecule has 2 N–H and O–H groups in total. The van der Waals surface area contributed by atoms with E-state index in [0.29, 0.717) is 17.4 Å². The van der Waals surface area contributed by atoms with E-state index in [9.17, 15) is 9.59 Å². The first-order chi connectivity index (χ1) is 9.63. The first kappa shape index (κ1) is 13.6. The molecule has 0 bridgehead atoms. The highest BCUT2D eigenvalue weighted by Crippen LogP contribution is 2.38. The molecule has 2 fully saturated rings. The predicted octanol–water partition coefficient (Wildman–Crippen LogP) is 2.13. The zero-order valence-corrected chi connectivity index (χ0v) is 11.8. The molecule has 1 amide bonds. The van der Waals surface area contributed by atoms with Crippen LogP contribution in [0.5, 0.6) is 0 Å². The second-order valence-corrected chi connectivity index (χ2v) is 6.49. The summed E-state index contributed by atoms with van der Waals surface area (Å²) >= 11 is 1.01. The summed E-state index contributed by atoms with van der Waals surface area (Å²) in [5, 5.41) is 11.9. The van der Waals surface area contributed by atoms with Crippen molar-refractivity contribution in [2.24, 2.45) is 5.92 Å². The lowest BCUT2D eigenvalue weighted by Gasteiger charge is -2.30. The number of ether oxygens (including phenoxy) is 1. The van der Waals surface area contributed by atoms with Crippen LogP contribution in [-0.2, 0) is 4.74 Å². The Morgan fingerprint density at radius 2 is 2.00 bits per heavy atom. The van der Waals surface area contributed by atoms with E-state index >= 15 is 0 Å². The van der Waals surface area contributed by atoms with Crippen LogP contribution in [0, 0.1) is 5.92 Å². The van der Waals surface area contributed by atoms with Crippen molar-refractivity contribution in [3.8, 4) is 0 Å². The Hall–Kier alpha value is -1.40. The highest BCUT2D eigenvalue weighted by Gasteiger charge is 2.36. The summed E-state index contributed by atoms with van der Waals surface area (Å²) in [7, 11) is 0. The van der Waals surface area contributed by atoms with Gasteiger partial charge in [-0.25, -0.2) is 4.79 Å². The second-order valence-electron chi connectivity index (χ2n) is 5.41. The van der Waals surface area contributed by atoms with Crippen molar-refractivity contribution >= 4 is 23.2 Å². The summed E-state index contributed by atoms with van der Waals surface area (Å²) in [6, 6.07) is 3.18. The molecule has 5 nitrogen and oxygen atoms in total. The van der Waals surface area contributed by atoms with E-state index < -0.39 is 5.97 Å². The van der Waals surface area contributed by atoms with Crippen molar-refractivity contribution in [1.29, 1.82) is 0 Å². The minimum absolute atomic E-state index is 0.136. The van der Waals surface area contributed by atoms with Crippen LogP contribution in [0.25, 0.3) is 0 Å². The highest BCUT2D eigenvalue weighted by atomic mass is 32.1. The molecule has 1 aliphatic heterocycles. The molecule has 2 heterocycles. The molecule has 20 heavy (non-hydrogen) atoms. The SMILES string of the molecule is O=C(O)c1ccc(C(=O)NC2CCOC(C3CC3)C2)s1. The molecule has 1 aromatic rings. The van der Waals surface area contributed by atoms with Crippen LogP contribution in [0.4, 0.5) is 0 Å². The van der Waals surface area contributed by atoms with Gasteiger partial charge < -0.3 is 15.2 Å². The molecule has 0 aromatic carbocycles. The summed E-state index contributed by atoms with van der Waals surface area (Å²) in [5.74, 6) is -0.493. The summed E-state index contributed by atoms with van der Waals surface area (Å²) in [4.78, 5) is 23.6. The lowest BCUT2D eigenvalue weighted by atomic mass is 10.00. The average Bonchev–Trinajstić information content (AvgIpc) is 3.15. The van der Waals surface area contributed by atoms with Gasteiger partial charge in [0.05, 0.1) is 11.0 Å². The molecule has 3 rings (SSSR count). The Bertz CT molecular complexity index is 523. The predicted molar refractivity (Wildman–Crippen MR) is 74.2 cm³/mol. The molecular weight excluding hydrogens is 278 g/mol. The number of amides is 1. The molecule has 1 aliphatic carbocycles. The minimum atomic E-state index is -0.992. The third-order valence-corrected chi connectivity index (χ3v) is 4.91. The minimum Gasteiger partial charge on any atom is -0.477 e. The molecule has 1 saturated carbocycles. The topological polar surface area (TPSA) is 75.6 Å². The summed E-state index contributed by atoms with van der Waals surface area (Å²) in [6.45, 7) is 0.691. The van der Waals surface area contributed by atoms with Crippen molar-refractivity contribution in [3.05, 3.63) is 21.9 Å². The van der Waals surface area contributed by atoms with Crippen LogP contribution in [0.3, 0.4) is 0 Å². The zero-order chi connectivity index (χ0) is 14.1. The number of hydrogen-bond acceptors (Lipinski definition) is 4. The summed E-state index contributed by atoms with van der Waals surface area (Å²) in [5.41, 5.74) is 0. The molecule has 6 heteroatoms. The molecule has 2 aliphatic rings. The number of carbonyl (C=O) groups excluding carboxylic acids is 1. The molecule has 2 atom stereocenters. The van der Waals surface area contributed by atoms with E-state index in [0.717, 1.165) is 24.2 Å². The Morgan fingerprint density at radius 1 is 1.25 bits per heavy atom.